The minimum absolute atomic E-state index is 0.0540. The summed E-state index contributed by atoms with van der Waals surface area (Å²) in [5.74, 6) is 5.48. The molecule has 108 valence electrons. The first-order chi connectivity index (χ1) is 9.05. The second-order valence-electron chi connectivity index (χ2n) is 4.12. The van der Waals surface area contributed by atoms with Gasteiger partial charge in [-0.3, -0.25) is 5.43 Å². The van der Waals surface area contributed by atoms with Crippen LogP contribution in [0.2, 0.25) is 0 Å². The molecule has 8 nitrogen and oxygen atoms in total. The Morgan fingerprint density at radius 3 is 2.26 bits per heavy atom. The molecule has 1 atom stereocenters. The third kappa shape index (κ3) is 5.66. The molecule has 1 aromatic heterocycles. The smallest absolute Gasteiger partial charge is 0.324 e. The zero-order valence-electron chi connectivity index (χ0n) is 11.7. The van der Waals surface area contributed by atoms with Gasteiger partial charge in [0.2, 0.25) is 5.95 Å². The van der Waals surface area contributed by atoms with Crippen molar-refractivity contribution in [3.8, 4) is 12.0 Å². The molecule has 0 aliphatic carbocycles. The van der Waals surface area contributed by atoms with Crippen LogP contribution >= 0.6 is 0 Å². The molecule has 0 aliphatic rings. The van der Waals surface area contributed by atoms with Crippen LogP contribution in [0.4, 0.5) is 5.95 Å². The molecule has 1 aromatic rings. The van der Waals surface area contributed by atoms with Crippen molar-refractivity contribution in [3.63, 3.8) is 0 Å². The summed E-state index contributed by atoms with van der Waals surface area (Å²) in [7, 11) is 0. The number of aromatic nitrogens is 3. The van der Waals surface area contributed by atoms with E-state index in [0.717, 1.165) is 0 Å². The van der Waals surface area contributed by atoms with Gasteiger partial charge in [-0.1, -0.05) is 0 Å². The van der Waals surface area contributed by atoms with Gasteiger partial charge in [-0.25, -0.2) is 5.84 Å². The van der Waals surface area contributed by atoms with Gasteiger partial charge in [-0.05, 0) is 27.7 Å². The van der Waals surface area contributed by atoms with Gasteiger partial charge >= 0.3 is 12.0 Å². The molecule has 8 heteroatoms. The summed E-state index contributed by atoms with van der Waals surface area (Å²) in [6, 6.07) is 0.308. The number of hydrazine groups is 1. The molecule has 19 heavy (non-hydrogen) atoms. The molecule has 3 N–H and O–H groups in total. The quantitative estimate of drug-likeness (QED) is 0.527. The minimum Gasteiger partial charge on any atom is -0.461 e. The highest BCUT2D eigenvalue weighted by Gasteiger charge is 2.12. The molecular formula is C11H21N5O3. The Bertz CT molecular complexity index is 389. The Morgan fingerprint density at radius 2 is 1.74 bits per heavy atom. The molecule has 0 amide bonds. The number of nitrogen functional groups attached to an aromatic ring is 1. The van der Waals surface area contributed by atoms with Gasteiger partial charge in [-0.15, -0.1) is 4.98 Å². The number of nitrogens with one attached hydrogen (secondary N) is 1. The summed E-state index contributed by atoms with van der Waals surface area (Å²) in [5.41, 5.74) is 2.34. The van der Waals surface area contributed by atoms with E-state index in [1.165, 1.54) is 0 Å². The van der Waals surface area contributed by atoms with Crippen molar-refractivity contribution in [3.05, 3.63) is 0 Å². The fourth-order valence-corrected chi connectivity index (χ4v) is 1.22. The molecule has 0 bridgehead atoms. The predicted molar refractivity (Wildman–Crippen MR) is 70.0 cm³/mol. The number of nitrogens with zero attached hydrogens (tertiary/aromatic N) is 3. The molecule has 1 unspecified atom stereocenters. The van der Waals surface area contributed by atoms with E-state index >= 15 is 0 Å². The number of rotatable bonds is 8. The molecule has 0 aliphatic heterocycles. The van der Waals surface area contributed by atoms with Crippen molar-refractivity contribution < 1.29 is 14.2 Å². The first kappa shape index (κ1) is 15.4. The summed E-state index contributed by atoms with van der Waals surface area (Å²) in [4.78, 5) is 12.0. The first-order valence-electron chi connectivity index (χ1n) is 6.18. The van der Waals surface area contributed by atoms with Gasteiger partial charge < -0.3 is 14.2 Å². The normalized spacial score (nSPS) is 12.3. The fourth-order valence-electron chi connectivity index (χ4n) is 1.22. The van der Waals surface area contributed by atoms with E-state index in [2.05, 4.69) is 20.4 Å². The van der Waals surface area contributed by atoms with Crippen LogP contribution in [0.5, 0.6) is 12.0 Å². The largest absolute Gasteiger partial charge is 0.461 e. The Balaban J connectivity index is 2.75. The third-order valence-corrected chi connectivity index (χ3v) is 1.93. The molecule has 1 heterocycles. The molecule has 0 saturated heterocycles. The molecule has 0 fully saturated rings. The van der Waals surface area contributed by atoms with E-state index in [1.807, 2.05) is 27.7 Å². The van der Waals surface area contributed by atoms with Crippen LogP contribution in [-0.4, -0.2) is 40.4 Å². The van der Waals surface area contributed by atoms with E-state index in [4.69, 9.17) is 20.1 Å². The van der Waals surface area contributed by atoms with Crippen molar-refractivity contribution in [2.75, 3.05) is 18.6 Å². The SMILES string of the molecule is CCOCC(C)Oc1nc(NN)nc(OC(C)C)n1. The highest BCUT2D eigenvalue weighted by Crippen LogP contribution is 2.14. The fraction of sp³-hybridized carbons (Fsp3) is 0.727. The van der Waals surface area contributed by atoms with Crippen molar-refractivity contribution in [1.82, 2.24) is 15.0 Å². The standard InChI is InChI=1S/C11H21N5O3/c1-5-17-6-8(4)19-11-14-9(16-12)13-10(15-11)18-7(2)3/h7-8H,5-6,12H2,1-4H3,(H,13,14,15,16). The van der Waals surface area contributed by atoms with Crippen molar-refractivity contribution >= 4 is 5.95 Å². The van der Waals surface area contributed by atoms with E-state index in [9.17, 15) is 0 Å². The van der Waals surface area contributed by atoms with Gasteiger partial charge in [0.25, 0.3) is 0 Å². The van der Waals surface area contributed by atoms with Crippen LogP contribution in [0.1, 0.15) is 27.7 Å². The molecule has 0 saturated carbocycles. The van der Waals surface area contributed by atoms with E-state index in [1.54, 1.807) is 0 Å². The number of hydrogen-bond acceptors (Lipinski definition) is 8. The maximum atomic E-state index is 5.52. The summed E-state index contributed by atoms with van der Waals surface area (Å²) >= 11 is 0. The number of hydrogen-bond donors (Lipinski definition) is 2. The predicted octanol–water partition coefficient (Wildman–Crippen LogP) is 0.748. The molecule has 0 spiro atoms. The molecule has 0 aromatic carbocycles. The van der Waals surface area contributed by atoms with E-state index < -0.39 is 0 Å². The van der Waals surface area contributed by atoms with Crippen LogP contribution < -0.4 is 20.7 Å². The lowest BCUT2D eigenvalue weighted by molar-refractivity contribution is 0.0598. The Kier molecular flexibility index (Phi) is 6.23. The van der Waals surface area contributed by atoms with Crippen LogP contribution in [0.25, 0.3) is 0 Å². The maximum absolute atomic E-state index is 5.52. The third-order valence-electron chi connectivity index (χ3n) is 1.93. The van der Waals surface area contributed by atoms with Crippen molar-refractivity contribution in [2.24, 2.45) is 5.84 Å². The van der Waals surface area contributed by atoms with Crippen molar-refractivity contribution in [2.45, 2.75) is 39.9 Å². The highest BCUT2D eigenvalue weighted by molar-refractivity contribution is 5.25. The van der Waals surface area contributed by atoms with Crippen molar-refractivity contribution in [1.29, 1.82) is 0 Å². The van der Waals surface area contributed by atoms with Gasteiger partial charge in [0.15, 0.2) is 0 Å². The lowest BCUT2D eigenvalue weighted by atomic mass is 10.4. The minimum atomic E-state index is -0.181. The monoisotopic (exact) mass is 271 g/mol. The Morgan fingerprint density at radius 1 is 1.11 bits per heavy atom. The maximum Gasteiger partial charge on any atom is 0.324 e. The number of nitrogens with two attached hydrogens (primary N) is 1. The zero-order chi connectivity index (χ0) is 14.3. The van der Waals surface area contributed by atoms with Gasteiger partial charge in [0.05, 0.1) is 12.7 Å². The topological polar surface area (TPSA) is 104 Å². The zero-order valence-corrected chi connectivity index (χ0v) is 11.7. The summed E-state index contributed by atoms with van der Waals surface area (Å²) in [5, 5.41) is 0. The highest BCUT2D eigenvalue weighted by atomic mass is 16.5. The number of ether oxygens (including phenoxy) is 3. The lowest BCUT2D eigenvalue weighted by Crippen LogP contribution is -2.22. The van der Waals surface area contributed by atoms with Gasteiger partial charge in [0.1, 0.15) is 6.10 Å². The van der Waals surface area contributed by atoms with Crippen LogP contribution in [0, 0.1) is 0 Å². The molecular weight excluding hydrogens is 250 g/mol. The molecule has 1 rings (SSSR count). The van der Waals surface area contributed by atoms with Crippen LogP contribution in [0.15, 0.2) is 0 Å². The first-order valence-corrected chi connectivity index (χ1v) is 6.18. The average Bonchev–Trinajstić information content (AvgIpc) is 2.35. The molecule has 0 radical (unpaired) electrons. The number of anilines is 1. The summed E-state index contributed by atoms with van der Waals surface area (Å²) < 4.78 is 16.2. The average molecular weight is 271 g/mol. The summed E-state index contributed by atoms with van der Waals surface area (Å²) in [6.45, 7) is 8.60. The van der Waals surface area contributed by atoms with E-state index in [0.29, 0.717) is 13.2 Å². The van der Waals surface area contributed by atoms with Crippen LogP contribution in [0.3, 0.4) is 0 Å². The van der Waals surface area contributed by atoms with E-state index in [-0.39, 0.29) is 30.2 Å². The lowest BCUT2D eigenvalue weighted by Gasteiger charge is -2.14. The summed E-state index contributed by atoms with van der Waals surface area (Å²) in [6.07, 6.45) is -0.235. The van der Waals surface area contributed by atoms with Gasteiger partial charge in [-0.2, -0.15) is 9.97 Å². The van der Waals surface area contributed by atoms with Gasteiger partial charge in [0, 0.05) is 6.61 Å². The second kappa shape index (κ2) is 7.70. The Labute approximate surface area is 112 Å². The second-order valence-corrected chi connectivity index (χ2v) is 4.12. The van der Waals surface area contributed by atoms with Crippen LogP contribution in [-0.2, 0) is 4.74 Å². The Hall–Kier alpha value is -1.67.